The van der Waals surface area contributed by atoms with Crippen molar-refractivity contribution >= 4 is 28.3 Å². The van der Waals surface area contributed by atoms with Crippen LogP contribution in [0.25, 0.3) is 10.9 Å². The molecule has 0 bridgehead atoms. The lowest BCUT2D eigenvalue weighted by Gasteiger charge is -2.30. The zero-order valence-corrected chi connectivity index (χ0v) is 16.8. The van der Waals surface area contributed by atoms with Crippen molar-refractivity contribution < 1.29 is 4.79 Å². The number of amides is 1. The highest BCUT2D eigenvalue weighted by atomic mass is 16.1. The molecule has 1 aliphatic rings. The number of nitrogens with one attached hydrogen (secondary N) is 2. The van der Waals surface area contributed by atoms with Crippen LogP contribution in [0.5, 0.6) is 0 Å². The molecule has 1 aliphatic heterocycles. The van der Waals surface area contributed by atoms with Crippen LogP contribution >= 0.6 is 0 Å². The van der Waals surface area contributed by atoms with E-state index in [0.29, 0.717) is 12.1 Å². The summed E-state index contributed by atoms with van der Waals surface area (Å²) in [6.45, 7) is 1.53. The molecular formula is C25H24N4O. The SMILES string of the molecule is O=C(NCCc1c[nH]c2ccccc12)c1ccc(N2CCCc3ccccc32)nc1. The van der Waals surface area contributed by atoms with E-state index in [4.69, 9.17) is 0 Å². The second-order valence-corrected chi connectivity index (χ2v) is 7.65. The fraction of sp³-hybridized carbons (Fsp3) is 0.200. The van der Waals surface area contributed by atoms with Crippen LogP contribution in [0.2, 0.25) is 0 Å². The summed E-state index contributed by atoms with van der Waals surface area (Å²) in [4.78, 5) is 22.6. The second kappa shape index (κ2) is 8.03. The summed E-state index contributed by atoms with van der Waals surface area (Å²) in [5.74, 6) is 0.797. The average molecular weight is 396 g/mol. The highest BCUT2D eigenvalue weighted by molar-refractivity contribution is 5.94. The van der Waals surface area contributed by atoms with Gasteiger partial charge in [0.1, 0.15) is 5.82 Å². The molecule has 0 spiro atoms. The lowest BCUT2D eigenvalue weighted by atomic mass is 10.0. The van der Waals surface area contributed by atoms with Crippen LogP contribution in [0, 0.1) is 0 Å². The van der Waals surface area contributed by atoms with Gasteiger partial charge in [-0.1, -0.05) is 36.4 Å². The lowest BCUT2D eigenvalue weighted by molar-refractivity contribution is 0.0954. The first-order chi connectivity index (χ1) is 14.8. The number of carbonyl (C=O) groups is 1. The highest BCUT2D eigenvalue weighted by Gasteiger charge is 2.19. The fourth-order valence-corrected chi connectivity index (χ4v) is 4.20. The molecule has 4 aromatic rings. The monoisotopic (exact) mass is 396 g/mol. The first-order valence-electron chi connectivity index (χ1n) is 10.4. The zero-order valence-electron chi connectivity index (χ0n) is 16.8. The number of para-hydroxylation sites is 2. The van der Waals surface area contributed by atoms with Crippen molar-refractivity contribution in [2.24, 2.45) is 0 Å². The van der Waals surface area contributed by atoms with Crippen LogP contribution in [0.15, 0.2) is 73.1 Å². The van der Waals surface area contributed by atoms with E-state index in [9.17, 15) is 4.79 Å². The summed E-state index contributed by atoms with van der Waals surface area (Å²) in [6.07, 6.45) is 6.68. The van der Waals surface area contributed by atoms with Gasteiger partial charge in [-0.2, -0.15) is 0 Å². The largest absolute Gasteiger partial charge is 0.361 e. The first-order valence-corrected chi connectivity index (χ1v) is 10.4. The molecule has 0 atom stereocenters. The lowest BCUT2D eigenvalue weighted by Crippen LogP contribution is -2.27. The number of carbonyl (C=O) groups excluding carboxylic acids is 1. The van der Waals surface area contributed by atoms with Gasteiger partial charge < -0.3 is 15.2 Å². The Hall–Kier alpha value is -3.60. The molecule has 5 rings (SSSR count). The van der Waals surface area contributed by atoms with E-state index in [1.807, 2.05) is 30.5 Å². The third-order valence-electron chi connectivity index (χ3n) is 5.75. The minimum atomic E-state index is -0.0899. The van der Waals surface area contributed by atoms with Gasteiger partial charge >= 0.3 is 0 Å². The molecule has 0 fully saturated rings. The van der Waals surface area contributed by atoms with Gasteiger partial charge in [0.05, 0.1) is 5.56 Å². The van der Waals surface area contributed by atoms with E-state index in [-0.39, 0.29) is 5.91 Å². The smallest absolute Gasteiger partial charge is 0.252 e. The van der Waals surface area contributed by atoms with Crippen LogP contribution in [-0.4, -0.2) is 29.0 Å². The number of benzene rings is 2. The summed E-state index contributed by atoms with van der Waals surface area (Å²) in [5, 5.41) is 4.22. The predicted octanol–water partition coefficient (Wildman–Crippen LogP) is 4.62. The third-order valence-corrected chi connectivity index (χ3v) is 5.75. The Morgan fingerprint density at radius 2 is 1.93 bits per heavy atom. The molecule has 2 aromatic heterocycles. The van der Waals surface area contributed by atoms with Crippen LogP contribution in [0.4, 0.5) is 11.5 Å². The molecule has 0 unspecified atom stereocenters. The molecule has 1 amide bonds. The molecule has 3 heterocycles. The van der Waals surface area contributed by atoms with E-state index in [1.54, 1.807) is 6.20 Å². The van der Waals surface area contributed by atoms with Crippen molar-refractivity contribution in [3.05, 3.63) is 89.7 Å². The molecule has 0 saturated heterocycles. The maximum absolute atomic E-state index is 12.6. The van der Waals surface area contributed by atoms with Crippen LogP contribution < -0.4 is 10.2 Å². The van der Waals surface area contributed by atoms with Gasteiger partial charge in [0.15, 0.2) is 0 Å². The molecule has 2 aromatic carbocycles. The topological polar surface area (TPSA) is 61.0 Å². The average Bonchev–Trinajstić information content (AvgIpc) is 3.22. The summed E-state index contributed by atoms with van der Waals surface area (Å²) < 4.78 is 0. The highest BCUT2D eigenvalue weighted by Crippen LogP contribution is 2.32. The first kappa shape index (κ1) is 18.4. The van der Waals surface area contributed by atoms with Gasteiger partial charge in [0, 0.05) is 42.1 Å². The normalized spacial score (nSPS) is 13.3. The van der Waals surface area contributed by atoms with Gasteiger partial charge in [-0.05, 0) is 54.7 Å². The Balaban J connectivity index is 1.23. The number of hydrogen-bond acceptors (Lipinski definition) is 3. The predicted molar refractivity (Wildman–Crippen MR) is 120 cm³/mol. The molecule has 5 nitrogen and oxygen atoms in total. The number of aromatic nitrogens is 2. The Labute approximate surface area is 175 Å². The number of nitrogens with zero attached hydrogens (tertiary/aromatic N) is 2. The molecule has 2 N–H and O–H groups in total. The Morgan fingerprint density at radius 3 is 2.83 bits per heavy atom. The number of pyridine rings is 1. The van der Waals surface area contributed by atoms with Gasteiger partial charge in [0.25, 0.3) is 5.91 Å². The van der Waals surface area contributed by atoms with E-state index in [1.165, 1.54) is 22.2 Å². The number of aryl methyl sites for hydroxylation is 1. The Kier molecular flexibility index (Phi) is 4.93. The number of hydrogen-bond donors (Lipinski definition) is 2. The summed E-state index contributed by atoms with van der Waals surface area (Å²) in [6, 6.07) is 20.5. The zero-order chi connectivity index (χ0) is 20.3. The second-order valence-electron chi connectivity index (χ2n) is 7.65. The van der Waals surface area contributed by atoms with Gasteiger partial charge in [-0.15, -0.1) is 0 Å². The number of fused-ring (bicyclic) bond motifs is 2. The van der Waals surface area contributed by atoms with E-state index >= 15 is 0 Å². The number of anilines is 2. The van der Waals surface area contributed by atoms with Crippen LogP contribution in [0.1, 0.15) is 27.9 Å². The van der Waals surface area contributed by atoms with Crippen molar-refractivity contribution in [1.82, 2.24) is 15.3 Å². The molecule has 0 aliphatic carbocycles. The summed E-state index contributed by atoms with van der Waals surface area (Å²) in [7, 11) is 0. The minimum Gasteiger partial charge on any atom is -0.361 e. The van der Waals surface area contributed by atoms with Gasteiger partial charge in [-0.25, -0.2) is 4.98 Å². The van der Waals surface area contributed by atoms with Crippen molar-refractivity contribution in [2.45, 2.75) is 19.3 Å². The standard InChI is InChI=1S/C25H24N4O/c30-25(26-14-13-19-16-27-22-9-3-2-8-21(19)22)20-11-12-24(28-17-20)29-15-5-7-18-6-1-4-10-23(18)29/h1-4,6,8-12,16-17,27H,5,7,13-15H2,(H,26,30). The molecule has 0 radical (unpaired) electrons. The minimum absolute atomic E-state index is 0.0899. The van der Waals surface area contributed by atoms with Gasteiger partial charge in [-0.3, -0.25) is 4.79 Å². The van der Waals surface area contributed by atoms with E-state index in [2.05, 4.69) is 56.6 Å². The Morgan fingerprint density at radius 1 is 1.07 bits per heavy atom. The third kappa shape index (κ3) is 3.54. The maximum atomic E-state index is 12.6. The van der Waals surface area contributed by atoms with Crippen LogP contribution in [0.3, 0.4) is 0 Å². The van der Waals surface area contributed by atoms with Crippen molar-refractivity contribution in [1.29, 1.82) is 0 Å². The quantitative estimate of drug-likeness (QED) is 0.517. The van der Waals surface area contributed by atoms with Gasteiger partial charge in [0.2, 0.25) is 0 Å². The molecule has 5 heteroatoms. The van der Waals surface area contributed by atoms with E-state index < -0.39 is 0 Å². The molecule has 0 saturated carbocycles. The van der Waals surface area contributed by atoms with E-state index in [0.717, 1.165) is 37.1 Å². The molecule has 150 valence electrons. The molecule has 30 heavy (non-hydrogen) atoms. The summed E-state index contributed by atoms with van der Waals surface area (Å²) >= 11 is 0. The Bertz CT molecular complexity index is 1180. The van der Waals surface area contributed by atoms with Crippen molar-refractivity contribution in [2.75, 3.05) is 18.0 Å². The maximum Gasteiger partial charge on any atom is 0.252 e. The fourth-order valence-electron chi connectivity index (χ4n) is 4.20. The summed E-state index contributed by atoms with van der Waals surface area (Å²) in [5.41, 5.74) is 5.49. The number of rotatable bonds is 5. The molecular weight excluding hydrogens is 372 g/mol. The number of H-pyrrole nitrogens is 1. The van der Waals surface area contributed by atoms with Crippen LogP contribution in [-0.2, 0) is 12.8 Å². The number of aromatic amines is 1. The van der Waals surface area contributed by atoms with Crippen molar-refractivity contribution in [3.63, 3.8) is 0 Å². The van der Waals surface area contributed by atoms with Crippen molar-refractivity contribution in [3.8, 4) is 0 Å².